The number of hydrogen-bond acceptors (Lipinski definition) is 6. The van der Waals surface area contributed by atoms with Gasteiger partial charge in [-0.15, -0.1) is 0 Å². The van der Waals surface area contributed by atoms with Gasteiger partial charge in [-0.3, -0.25) is 24.3 Å². The van der Waals surface area contributed by atoms with E-state index in [1.165, 1.54) is 17.2 Å². The molecule has 8 nitrogen and oxygen atoms in total. The summed E-state index contributed by atoms with van der Waals surface area (Å²) in [7, 11) is 0. The van der Waals surface area contributed by atoms with Crippen molar-refractivity contribution in [1.82, 2.24) is 15.7 Å². The molecule has 3 amide bonds. The lowest BCUT2D eigenvalue weighted by Crippen LogP contribution is -2.58. The number of hydrogen-bond donors (Lipinski definition) is 2. The van der Waals surface area contributed by atoms with Crippen LogP contribution in [0.25, 0.3) is 0 Å². The first kappa shape index (κ1) is 18.8. The highest BCUT2D eigenvalue weighted by atomic mass is 79.9. The molecule has 0 saturated carbocycles. The molecule has 1 aromatic heterocycles. The molecule has 0 radical (unpaired) electrons. The van der Waals surface area contributed by atoms with Gasteiger partial charge in [0.2, 0.25) is 5.91 Å². The monoisotopic (exact) mass is 445 g/mol. The van der Waals surface area contributed by atoms with Gasteiger partial charge in [-0.1, -0.05) is 22.0 Å². The molecule has 136 valence electrons. The molecule has 2 heterocycles. The smallest absolute Gasteiger partial charge is 0.289 e. The van der Waals surface area contributed by atoms with Gasteiger partial charge in [-0.2, -0.15) is 5.10 Å². The number of aromatic nitrogens is 1. The van der Waals surface area contributed by atoms with E-state index in [0.717, 1.165) is 10.7 Å². The van der Waals surface area contributed by atoms with Crippen LogP contribution >= 0.6 is 28.1 Å². The molecular weight excluding hydrogens is 434 g/mol. The Hall–Kier alpha value is -2.98. The maximum atomic E-state index is 12.7. The van der Waals surface area contributed by atoms with Crippen molar-refractivity contribution in [3.05, 3.63) is 58.8 Å². The largest absolute Gasteiger partial charge is 0.301 e. The molecule has 1 aliphatic heterocycles. The van der Waals surface area contributed by atoms with Crippen molar-refractivity contribution in [2.24, 2.45) is 11.0 Å². The van der Waals surface area contributed by atoms with E-state index in [2.05, 4.69) is 36.8 Å². The Labute approximate surface area is 167 Å². The van der Waals surface area contributed by atoms with Crippen molar-refractivity contribution >= 4 is 62.9 Å². The molecule has 10 heteroatoms. The summed E-state index contributed by atoms with van der Waals surface area (Å²) in [5.74, 6) is -2.98. The maximum Gasteiger partial charge on any atom is 0.289 e. The number of carbonyl (C=O) groups excluding carboxylic acids is 3. The van der Waals surface area contributed by atoms with Crippen LogP contribution in [0.1, 0.15) is 10.5 Å². The Balaban J connectivity index is 1.75. The lowest BCUT2D eigenvalue weighted by Gasteiger charge is -2.30. The molecule has 0 unspecified atom stereocenters. The molecule has 2 N–H and O–H groups in total. The Morgan fingerprint density at radius 1 is 1.26 bits per heavy atom. The third kappa shape index (κ3) is 4.23. The zero-order valence-corrected chi connectivity index (χ0v) is 16.0. The van der Waals surface area contributed by atoms with E-state index < -0.39 is 23.6 Å². The van der Waals surface area contributed by atoms with Gasteiger partial charge < -0.3 is 5.32 Å². The lowest BCUT2D eigenvalue weighted by atomic mass is 10.1. The van der Waals surface area contributed by atoms with Crippen LogP contribution in [-0.4, -0.2) is 34.0 Å². The van der Waals surface area contributed by atoms with Crippen LogP contribution in [0.5, 0.6) is 0 Å². The molecule has 0 spiro atoms. The topological polar surface area (TPSA) is 104 Å². The quantitative estimate of drug-likeness (QED) is 0.322. The zero-order chi connectivity index (χ0) is 19.4. The van der Waals surface area contributed by atoms with E-state index in [4.69, 9.17) is 12.2 Å². The van der Waals surface area contributed by atoms with Crippen LogP contribution in [0.3, 0.4) is 0 Å². The first-order chi connectivity index (χ1) is 13.0. The summed E-state index contributed by atoms with van der Waals surface area (Å²) < 4.78 is 0.834. The second-order valence-electron chi connectivity index (χ2n) is 5.36. The van der Waals surface area contributed by atoms with Crippen LogP contribution in [0.2, 0.25) is 0 Å². The molecule has 2 aromatic rings. The second-order valence-corrected chi connectivity index (χ2v) is 6.66. The summed E-state index contributed by atoms with van der Waals surface area (Å²) in [4.78, 5) is 41.8. The number of benzene rings is 1. The molecular formula is C17H12BrN5O3S. The summed E-state index contributed by atoms with van der Waals surface area (Å²) in [6, 6.07) is 11.7. The number of nitrogens with one attached hydrogen (secondary N) is 2. The summed E-state index contributed by atoms with van der Waals surface area (Å²) in [6.07, 6.45) is 2.53. The Bertz CT molecular complexity index is 933. The number of thiocarbonyl (C=S) groups is 1. The van der Waals surface area contributed by atoms with Crippen molar-refractivity contribution in [2.75, 3.05) is 4.90 Å². The lowest BCUT2D eigenvalue weighted by molar-refractivity contribution is -0.130. The van der Waals surface area contributed by atoms with Crippen LogP contribution in [0.4, 0.5) is 5.69 Å². The highest BCUT2D eigenvalue weighted by Gasteiger charge is 2.38. The van der Waals surface area contributed by atoms with Crippen LogP contribution < -0.4 is 15.6 Å². The van der Waals surface area contributed by atoms with Gasteiger partial charge >= 0.3 is 0 Å². The molecule has 0 bridgehead atoms. The fourth-order valence-corrected chi connectivity index (χ4v) is 2.84. The summed E-state index contributed by atoms with van der Waals surface area (Å²) in [5.41, 5.74) is 2.90. The van der Waals surface area contributed by atoms with E-state index in [9.17, 15) is 14.4 Å². The SMILES string of the molecule is O=C(N/N=C\[C@@H]1C(=O)NC(=S)N(c2ccc(Br)cc2)C1=O)c1ccccn1. The van der Waals surface area contributed by atoms with Crippen LogP contribution in [0.15, 0.2) is 58.2 Å². The van der Waals surface area contributed by atoms with E-state index in [0.29, 0.717) is 5.69 Å². The number of rotatable bonds is 4. The van der Waals surface area contributed by atoms with E-state index in [1.807, 2.05) is 0 Å². The molecule has 3 rings (SSSR count). The minimum atomic E-state index is -1.23. The summed E-state index contributed by atoms with van der Waals surface area (Å²) in [5, 5.41) is 6.16. The molecule has 1 fully saturated rings. The number of anilines is 1. The number of halogens is 1. The highest BCUT2D eigenvalue weighted by molar-refractivity contribution is 9.10. The molecule has 0 aliphatic carbocycles. The highest BCUT2D eigenvalue weighted by Crippen LogP contribution is 2.22. The zero-order valence-electron chi connectivity index (χ0n) is 13.6. The number of hydrazone groups is 1. The van der Waals surface area contributed by atoms with Gasteiger partial charge in [0, 0.05) is 16.9 Å². The Morgan fingerprint density at radius 3 is 2.67 bits per heavy atom. The van der Waals surface area contributed by atoms with Gasteiger partial charge in [0.15, 0.2) is 11.0 Å². The predicted molar refractivity (Wildman–Crippen MR) is 106 cm³/mol. The third-order valence-corrected chi connectivity index (χ3v) is 4.39. The Kier molecular flexibility index (Phi) is 5.67. The minimum absolute atomic E-state index is 0.0190. The molecule has 1 aromatic carbocycles. The number of pyridine rings is 1. The van der Waals surface area contributed by atoms with Gasteiger partial charge in [0.25, 0.3) is 11.8 Å². The van der Waals surface area contributed by atoms with Crippen LogP contribution in [0, 0.1) is 5.92 Å². The number of carbonyl (C=O) groups is 3. The fourth-order valence-electron chi connectivity index (χ4n) is 2.28. The molecule has 1 atom stereocenters. The van der Waals surface area contributed by atoms with Crippen molar-refractivity contribution in [2.45, 2.75) is 0 Å². The van der Waals surface area contributed by atoms with Crippen molar-refractivity contribution in [3.63, 3.8) is 0 Å². The van der Waals surface area contributed by atoms with Gasteiger partial charge in [0.1, 0.15) is 5.69 Å². The van der Waals surface area contributed by atoms with Gasteiger partial charge in [-0.05, 0) is 48.6 Å². The molecule has 27 heavy (non-hydrogen) atoms. The van der Waals surface area contributed by atoms with Crippen LogP contribution in [-0.2, 0) is 9.59 Å². The van der Waals surface area contributed by atoms with E-state index in [-0.39, 0.29) is 10.8 Å². The predicted octanol–water partition coefficient (Wildman–Crippen LogP) is 1.62. The van der Waals surface area contributed by atoms with Crippen molar-refractivity contribution < 1.29 is 14.4 Å². The summed E-state index contributed by atoms with van der Waals surface area (Å²) in [6.45, 7) is 0. The fraction of sp³-hybridized carbons (Fsp3) is 0.0588. The Morgan fingerprint density at radius 2 is 2.00 bits per heavy atom. The van der Waals surface area contributed by atoms with Gasteiger partial charge in [0.05, 0.1) is 5.69 Å². The average molecular weight is 446 g/mol. The standard InChI is InChI=1S/C17H12BrN5O3S/c18-10-4-6-11(7-5-10)23-16(26)12(14(24)21-17(23)27)9-20-22-15(25)13-3-1-2-8-19-13/h1-9,12H,(H,22,25)(H,21,24,27)/b20-9-/t12-/m1/s1. The van der Waals surface area contributed by atoms with Gasteiger partial charge in [-0.25, -0.2) is 5.43 Å². The van der Waals surface area contributed by atoms with E-state index in [1.54, 1.807) is 36.4 Å². The van der Waals surface area contributed by atoms with Crippen molar-refractivity contribution in [1.29, 1.82) is 0 Å². The molecule has 1 aliphatic rings. The minimum Gasteiger partial charge on any atom is -0.301 e. The number of amides is 3. The maximum absolute atomic E-state index is 12.7. The number of nitrogens with zero attached hydrogens (tertiary/aromatic N) is 3. The first-order valence-electron chi connectivity index (χ1n) is 7.66. The normalized spacial score (nSPS) is 17.1. The third-order valence-electron chi connectivity index (χ3n) is 3.57. The molecule has 1 saturated heterocycles. The second kappa shape index (κ2) is 8.14. The van der Waals surface area contributed by atoms with Crippen molar-refractivity contribution in [3.8, 4) is 0 Å². The van der Waals surface area contributed by atoms with E-state index >= 15 is 0 Å². The summed E-state index contributed by atoms with van der Waals surface area (Å²) >= 11 is 8.42. The first-order valence-corrected chi connectivity index (χ1v) is 8.86. The average Bonchev–Trinajstić information content (AvgIpc) is 2.66.